The predicted molar refractivity (Wildman–Crippen MR) is 74.5 cm³/mol. The molecule has 0 saturated heterocycles. The highest BCUT2D eigenvalue weighted by Gasteiger charge is 2.16. The number of benzene rings is 1. The van der Waals surface area contributed by atoms with Gasteiger partial charge in [-0.05, 0) is 45.1 Å². The first-order valence-electron chi connectivity index (χ1n) is 4.53. The molecule has 0 aliphatic carbocycles. The maximum atomic E-state index is 6.17. The van der Waals surface area contributed by atoms with Gasteiger partial charge in [0.25, 0.3) is 0 Å². The lowest BCUT2D eigenvalue weighted by molar-refractivity contribution is 0.889. The summed E-state index contributed by atoms with van der Waals surface area (Å²) in [6, 6.07) is 7.12. The standard InChI is InChI=1S/C11H8BrCl2NS/c12-8-3-4-16-11(8)10(15)7-2-1-6(13)5-9(7)14/h1-5,10H,15H2. The Morgan fingerprint density at radius 2 is 2.00 bits per heavy atom. The molecule has 0 aliphatic heterocycles. The highest BCUT2D eigenvalue weighted by atomic mass is 79.9. The molecule has 0 radical (unpaired) electrons. The number of rotatable bonds is 2. The second-order valence-electron chi connectivity index (χ2n) is 3.28. The van der Waals surface area contributed by atoms with Crippen LogP contribution in [0.4, 0.5) is 0 Å². The van der Waals surface area contributed by atoms with Crippen molar-refractivity contribution in [1.29, 1.82) is 0 Å². The van der Waals surface area contributed by atoms with Gasteiger partial charge in [0, 0.05) is 19.4 Å². The zero-order chi connectivity index (χ0) is 11.7. The van der Waals surface area contributed by atoms with Crippen LogP contribution in [0.5, 0.6) is 0 Å². The first-order valence-corrected chi connectivity index (χ1v) is 6.96. The van der Waals surface area contributed by atoms with Crippen LogP contribution >= 0.6 is 50.5 Å². The molecule has 1 heterocycles. The predicted octanol–water partition coefficient (Wildman–Crippen LogP) is 4.87. The van der Waals surface area contributed by atoms with Crippen molar-refractivity contribution in [3.8, 4) is 0 Å². The first-order chi connectivity index (χ1) is 7.59. The molecule has 0 saturated carbocycles. The summed E-state index contributed by atoms with van der Waals surface area (Å²) < 4.78 is 1.01. The Morgan fingerprint density at radius 1 is 1.25 bits per heavy atom. The Kier molecular flexibility index (Phi) is 3.93. The van der Waals surface area contributed by atoms with Gasteiger partial charge >= 0.3 is 0 Å². The normalized spacial score (nSPS) is 12.8. The van der Waals surface area contributed by atoms with Crippen molar-refractivity contribution >= 4 is 50.5 Å². The maximum absolute atomic E-state index is 6.17. The van der Waals surface area contributed by atoms with Crippen LogP contribution in [0, 0.1) is 0 Å². The molecular weight excluding hydrogens is 329 g/mol. The van der Waals surface area contributed by atoms with Gasteiger partial charge in [0.05, 0.1) is 6.04 Å². The van der Waals surface area contributed by atoms with E-state index in [4.69, 9.17) is 28.9 Å². The molecule has 84 valence electrons. The summed E-state index contributed by atoms with van der Waals surface area (Å²) >= 11 is 17.0. The average molecular weight is 337 g/mol. The van der Waals surface area contributed by atoms with Crippen LogP contribution in [0.15, 0.2) is 34.1 Å². The van der Waals surface area contributed by atoms with Crippen LogP contribution in [0.25, 0.3) is 0 Å². The molecule has 1 aromatic carbocycles. The average Bonchev–Trinajstić information content (AvgIpc) is 2.63. The number of hydrogen-bond donors (Lipinski definition) is 1. The molecule has 5 heteroatoms. The molecule has 0 spiro atoms. The van der Waals surface area contributed by atoms with Crippen LogP contribution in [-0.2, 0) is 0 Å². The van der Waals surface area contributed by atoms with Crippen LogP contribution in [0.3, 0.4) is 0 Å². The minimum atomic E-state index is -0.223. The van der Waals surface area contributed by atoms with E-state index in [1.807, 2.05) is 17.5 Å². The van der Waals surface area contributed by atoms with E-state index in [-0.39, 0.29) is 6.04 Å². The zero-order valence-corrected chi connectivity index (χ0v) is 12.0. The minimum absolute atomic E-state index is 0.223. The molecule has 1 nitrogen and oxygen atoms in total. The lowest BCUT2D eigenvalue weighted by Gasteiger charge is -2.13. The van der Waals surface area contributed by atoms with Crippen molar-refractivity contribution in [2.45, 2.75) is 6.04 Å². The zero-order valence-electron chi connectivity index (χ0n) is 8.08. The van der Waals surface area contributed by atoms with Gasteiger partial charge in [-0.3, -0.25) is 0 Å². The van der Waals surface area contributed by atoms with Gasteiger partial charge in [0.1, 0.15) is 0 Å². The Labute approximate surface area is 116 Å². The van der Waals surface area contributed by atoms with Crippen LogP contribution in [-0.4, -0.2) is 0 Å². The fraction of sp³-hybridized carbons (Fsp3) is 0.0909. The summed E-state index contributed by atoms with van der Waals surface area (Å²) in [5.41, 5.74) is 7.05. The third-order valence-electron chi connectivity index (χ3n) is 2.22. The van der Waals surface area contributed by atoms with Gasteiger partial charge < -0.3 is 5.73 Å². The van der Waals surface area contributed by atoms with Crippen molar-refractivity contribution in [3.63, 3.8) is 0 Å². The molecule has 2 aromatic rings. The van der Waals surface area contributed by atoms with E-state index in [1.54, 1.807) is 23.5 Å². The maximum Gasteiger partial charge on any atom is 0.0672 e. The summed E-state index contributed by atoms with van der Waals surface area (Å²) in [4.78, 5) is 1.06. The molecule has 1 aromatic heterocycles. The van der Waals surface area contributed by atoms with Gasteiger partial charge in [0.15, 0.2) is 0 Å². The lowest BCUT2D eigenvalue weighted by atomic mass is 10.1. The number of thiophene rings is 1. The van der Waals surface area contributed by atoms with Crippen molar-refractivity contribution in [1.82, 2.24) is 0 Å². The Morgan fingerprint density at radius 3 is 2.56 bits per heavy atom. The van der Waals surface area contributed by atoms with Gasteiger partial charge in [0.2, 0.25) is 0 Å². The molecule has 2 N–H and O–H groups in total. The highest BCUT2D eigenvalue weighted by molar-refractivity contribution is 9.10. The summed E-state index contributed by atoms with van der Waals surface area (Å²) in [7, 11) is 0. The van der Waals surface area contributed by atoms with E-state index < -0.39 is 0 Å². The SMILES string of the molecule is NC(c1ccc(Cl)cc1Cl)c1sccc1Br. The summed E-state index contributed by atoms with van der Waals surface area (Å²) in [5, 5.41) is 3.20. The lowest BCUT2D eigenvalue weighted by Crippen LogP contribution is -2.11. The molecule has 16 heavy (non-hydrogen) atoms. The topological polar surface area (TPSA) is 26.0 Å². The molecule has 1 unspecified atom stereocenters. The van der Waals surface area contributed by atoms with Crippen molar-refractivity contribution < 1.29 is 0 Å². The van der Waals surface area contributed by atoms with Crippen molar-refractivity contribution in [2.24, 2.45) is 5.73 Å². The van der Waals surface area contributed by atoms with E-state index in [1.165, 1.54) is 0 Å². The Balaban J connectivity index is 2.41. The van der Waals surface area contributed by atoms with E-state index in [0.29, 0.717) is 10.0 Å². The largest absolute Gasteiger partial charge is 0.320 e. The summed E-state index contributed by atoms with van der Waals surface area (Å²) in [6.07, 6.45) is 0. The second kappa shape index (κ2) is 5.07. The van der Waals surface area contributed by atoms with Gasteiger partial charge in [-0.25, -0.2) is 0 Å². The summed E-state index contributed by atoms with van der Waals surface area (Å²) in [5.74, 6) is 0. The van der Waals surface area contributed by atoms with Crippen LogP contribution < -0.4 is 5.73 Å². The Bertz CT molecular complexity index is 512. The number of nitrogens with two attached hydrogens (primary N) is 1. The smallest absolute Gasteiger partial charge is 0.0672 e. The van der Waals surface area contributed by atoms with Crippen molar-refractivity contribution in [3.05, 3.63) is 54.6 Å². The van der Waals surface area contributed by atoms with Crippen molar-refractivity contribution in [2.75, 3.05) is 0 Å². The third kappa shape index (κ3) is 2.44. The van der Waals surface area contributed by atoms with Crippen LogP contribution in [0.1, 0.15) is 16.5 Å². The number of hydrogen-bond acceptors (Lipinski definition) is 2. The van der Waals surface area contributed by atoms with Gasteiger partial charge in [-0.2, -0.15) is 0 Å². The highest BCUT2D eigenvalue weighted by Crippen LogP contribution is 2.35. The van der Waals surface area contributed by atoms with E-state index in [0.717, 1.165) is 14.9 Å². The monoisotopic (exact) mass is 335 g/mol. The fourth-order valence-electron chi connectivity index (χ4n) is 1.42. The molecule has 1 atom stereocenters. The van der Waals surface area contributed by atoms with E-state index in [9.17, 15) is 0 Å². The second-order valence-corrected chi connectivity index (χ2v) is 5.92. The summed E-state index contributed by atoms with van der Waals surface area (Å²) in [6.45, 7) is 0. The van der Waals surface area contributed by atoms with Gasteiger partial charge in [-0.1, -0.05) is 29.3 Å². The quantitative estimate of drug-likeness (QED) is 0.832. The molecule has 0 fully saturated rings. The Hall–Kier alpha value is -0.0600. The minimum Gasteiger partial charge on any atom is -0.320 e. The first kappa shape index (κ1) is 12.4. The molecule has 0 bridgehead atoms. The molecule has 0 amide bonds. The van der Waals surface area contributed by atoms with Crippen LogP contribution in [0.2, 0.25) is 10.0 Å². The molecule has 2 rings (SSSR count). The fourth-order valence-corrected chi connectivity index (χ4v) is 3.59. The van der Waals surface area contributed by atoms with E-state index >= 15 is 0 Å². The molecular formula is C11H8BrCl2NS. The van der Waals surface area contributed by atoms with Gasteiger partial charge in [-0.15, -0.1) is 11.3 Å². The molecule has 0 aliphatic rings. The third-order valence-corrected chi connectivity index (χ3v) is 4.74. The number of halogens is 3. The van der Waals surface area contributed by atoms with E-state index in [2.05, 4.69) is 15.9 Å².